The lowest BCUT2D eigenvalue weighted by Crippen LogP contribution is -2.21. The van der Waals surface area contributed by atoms with Gasteiger partial charge in [-0.15, -0.1) is 11.3 Å². The number of nitrogens with zero attached hydrogens (tertiary/aromatic N) is 2. The highest BCUT2D eigenvalue weighted by Gasteiger charge is 2.19. The zero-order valence-electron chi connectivity index (χ0n) is 12.4. The lowest BCUT2D eigenvalue weighted by molar-refractivity contribution is 0.0994. The standard InChI is InChI=1S/C16H13ClN2O2S2/c1-9(13(20)10-3-5-11(17)6-4-10)23-16-18-12-7-8-22-14(12)15(21)19(16)2/h3-9H,1-2H3. The molecule has 23 heavy (non-hydrogen) atoms. The number of thiophene rings is 1. The molecule has 0 spiro atoms. The van der Waals surface area contributed by atoms with E-state index in [0.29, 0.717) is 26.0 Å². The largest absolute Gasteiger partial charge is 0.293 e. The fraction of sp³-hybridized carbons (Fsp3) is 0.188. The molecule has 2 aromatic heterocycles. The molecule has 1 aromatic carbocycles. The van der Waals surface area contributed by atoms with E-state index >= 15 is 0 Å². The van der Waals surface area contributed by atoms with Gasteiger partial charge in [-0.25, -0.2) is 4.98 Å². The van der Waals surface area contributed by atoms with E-state index in [4.69, 9.17) is 11.6 Å². The van der Waals surface area contributed by atoms with Crippen LogP contribution < -0.4 is 5.56 Å². The van der Waals surface area contributed by atoms with Crippen molar-refractivity contribution in [2.75, 3.05) is 0 Å². The molecule has 0 N–H and O–H groups in total. The zero-order valence-corrected chi connectivity index (χ0v) is 14.8. The maximum atomic E-state index is 12.5. The Kier molecular flexibility index (Phi) is 4.57. The molecule has 2 heterocycles. The topological polar surface area (TPSA) is 52.0 Å². The van der Waals surface area contributed by atoms with Crippen LogP contribution in [0.15, 0.2) is 45.7 Å². The van der Waals surface area contributed by atoms with Crippen LogP contribution >= 0.6 is 34.7 Å². The van der Waals surface area contributed by atoms with Crippen molar-refractivity contribution in [1.82, 2.24) is 9.55 Å². The summed E-state index contributed by atoms with van der Waals surface area (Å²) in [7, 11) is 1.68. The molecule has 0 aliphatic rings. The van der Waals surface area contributed by atoms with Gasteiger partial charge < -0.3 is 0 Å². The van der Waals surface area contributed by atoms with Gasteiger partial charge in [0.05, 0.1) is 10.8 Å². The Morgan fingerprint density at radius 3 is 2.70 bits per heavy atom. The summed E-state index contributed by atoms with van der Waals surface area (Å²) < 4.78 is 2.13. The van der Waals surface area contributed by atoms with E-state index in [0.717, 1.165) is 0 Å². The fourth-order valence-electron chi connectivity index (χ4n) is 2.13. The molecule has 0 saturated heterocycles. The van der Waals surface area contributed by atoms with Crippen molar-refractivity contribution in [3.05, 3.63) is 56.7 Å². The third-order valence-corrected chi connectivity index (χ3v) is 5.71. The van der Waals surface area contributed by atoms with Gasteiger partial charge in [-0.2, -0.15) is 0 Å². The van der Waals surface area contributed by atoms with Crippen LogP contribution in [0.2, 0.25) is 5.02 Å². The van der Waals surface area contributed by atoms with Gasteiger partial charge in [-0.1, -0.05) is 23.4 Å². The molecule has 0 radical (unpaired) electrons. The van der Waals surface area contributed by atoms with E-state index in [1.165, 1.54) is 27.7 Å². The second-order valence-corrected chi connectivity index (χ2v) is 7.69. The predicted molar refractivity (Wildman–Crippen MR) is 96.0 cm³/mol. The van der Waals surface area contributed by atoms with Crippen LogP contribution in [0.3, 0.4) is 0 Å². The summed E-state index contributed by atoms with van der Waals surface area (Å²) in [4.78, 5) is 29.3. The lowest BCUT2D eigenvalue weighted by Gasteiger charge is -2.12. The van der Waals surface area contributed by atoms with Crippen molar-refractivity contribution in [1.29, 1.82) is 0 Å². The van der Waals surface area contributed by atoms with Gasteiger partial charge in [0.1, 0.15) is 4.70 Å². The first-order chi connectivity index (χ1) is 11.0. The zero-order chi connectivity index (χ0) is 16.6. The van der Waals surface area contributed by atoms with E-state index in [1.807, 2.05) is 18.4 Å². The highest BCUT2D eigenvalue weighted by Crippen LogP contribution is 2.26. The molecule has 0 bridgehead atoms. The van der Waals surface area contributed by atoms with Gasteiger partial charge in [0.2, 0.25) is 0 Å². The lowest BCUT2D eigenvalue weighted by atomic mass is 10.1. The average molecular weight is 365 g/mol. The number of hydrogen-bond acceptors (Lipinski definition) is 5. The Balaban J connectivity index is 1.89. The highest BCUT2D eigenvalue weighted by atomic mass is 35.5. The molecule has 0 amide bonds. The number of aromatic nitrogens is 2. The Bertz CT molecular complexity index is 931. The number of rotatable bonds is 4. The van der Waals surface area contributed by atoms with Crippen LogP contribution in [-0.2, 0) is 7.05 Å². The monoisotopic (exact) mass is 364 g/mol. The summed E-state index contributed by atoms with van der Waals surface area (Å²) in [5.41, 5.74) is 1.18. The highest BCUT2D eigenvalue weighted by molar-refractivity contribution is 8.00. The van der Waals surface area contributed by atoms with Gasteiger partial charge in [0.15, 0.2) is 10.9 Å². The molecule has 7 heteroatoms. The van der Waals surface area contributed by atoms with Crippen molar-refractivity contribution < 1.29 is 4.79 Å². The van der Waals surface area contributed by atoms with Crippen molar-refractivity contribution in [2.24, 2.45) is 7.05 Å². The maximum Gasteiger partial charge on any atom is 0.271 e. The minimum absolute atomic E-state index is 0.0219. The number of ketones is 1. The molecular formula is C16H13ClN2O2S2. The molecule has 0 fully saturated rings. The molecule has 1 atom stereocenters. The third-order valence-electron chi connectivity index (χ3n) is 3.43. The Labute approximate surface area is 146 Å². The van der Waals surface area contributed by atoms with Crippen LogP contribution in [0, 0.1) is 0 Å². The average Bonchev–Trinajstić information content (AvgIpc) is 3.00. The number of benzene rings is 1. The number of thioether (sulfide) groups is 1. The van der Waals surface area contributed by atoms with Crippen molar-refractivity contribution in [3.8, 4) is 0 Å². The van der Waals surface area contributed by atoms with E-state index in [-0.39, 0.29) is 16.6 Å². The van der Waals surface area contributed by atoms with Crippen LogP contribution in [0.25, 0.3) is 10.2 Å². The number of hydrogen-bond donors (Lipinski definition) is 0. The summed E-state index contributed by atoms with van der Waals surface area (Å²) in [6.45, 7) is 1.81. The van der Waals surface area contributed by atoms with Gasteiger partial charge in [0, 0.05) is 17.6 Å². The number of halogens is 1. The van der Waals surface area contributed by atoms with Crippen LogP contribution in [0.1, 0.15) is 17.3 Å². The van der Waals surface area contributed by atoms with Gasteiger partial charge in [0.25, 0.3) is 5.56 Å². The van der Waals surface area contributed by atoms with E-state index in [1.54, 1.807) is 31.3 Å². The Morgan fingerprint density at radius 2 is 2.00 bits per heavy atom. The molecule has 0 saturated carbocycles. The van der Waals surface area contributed by atoms with Crippen LogP contribution in [-0.4, -0.2) is 20.6 Å². The van der Waals surface area contributed by atoms with E-state index < -0.39 is 0 Å². The molecular weight excluding hydrogens is 352 g/mol. The summed E-state index contributed by atoms with van der Waals surface area (Å²) in [5.74, 6) is -0.0219. The smallest absolute Gasteiger partial charge is 0.271 e. The second-order valence-electron chi connectivity index (χ2n) is 5.02. The van der Waals surface area contributed by atoms with E-state index in [9.17, 15) is 9.59 Å². The SMILES string of the molecule is CC(Sc1nc2ccsc2c(=O)n1C)C(=O)c1ccc(Cl)cc1. The van der Waals surface area contributed by atoms with E-state index in [2.05, 4.69) is 4.98 Å². The first-order valence-electron chi connectivity index (χ1n) is 6.88. The van der Waals surface area contributed by atoms with Crippen LogP contribution in [0.5, 0.6) is 0 Å². The predicted octanol–water partition coefficient (Wildman–Crippen LogP) is 4.01. The summed E-state index contributed by atoms with van der Waals surface area (Å²) in [5, 5.41) is 2.62. The molecule has 0 aliphatic heterocycles. The Hall–Kier alpha value is -1.63. The van der Waals surface area contributed by atoms with Gasteiger partial charge in [-0.05, 0) is 42.6 Å². The normalized spacial score (nSPS) is 12.5. The number of fused-ring (bicyclic) bond motifs is 1. The molecule has 3 rings (SSSR count). The van der Waals surface area contributed by atoms with Crippen molar-refractivity contribution in [3.63, 3.8) is 0 Å². The first-order valence-corrected chi connectivity index (χ1v) is 9.02. The first kappa shape index (κ1) is 16.2. The molecule has 0 aliphatic carbocycles. The quantitative estimate of drug-likeness (QED) is 0.398. The fourth-order valence-corrected chi connectivity index (χ4v) is 4.02. The molecule has 118 valence electrons. The van der Waals surface area contributed by atoms with Crippen molar-refractivity contribution in [2.45, 2.75) is 17.3 Å². The van der Waals surface area contributed by atoms with Gasteiger partial charge >= 0.3 is 0 Å². The summed E-state index contributed by atoms with van der Waals surface area (Å²) in [6, 6.07) is 8.61. The molecule has 4 nitrogen and oxygen atoms in total. The third kappa shape index (κ3) is 3.20. The molecule has 1 unspecified atom stereocenters. The molecule has 3 aromatic rings. The Morgan fingerprint density at radius 1 is 1.30 bits per heavy atom. The maximum absolute atomic E-state index is 12.5. The minimum Gasteiger partial charge on any atom is -0.293 e. The number of carbonyl (C=O) groups is 1. The van der Waals surface area contributed by atoms with Crippen LogP contribution in [0.4, 0.5) is 0 Å². The summed E-state index contributed by atoms with van der Waals surface area (Å²) >= 11 is 8.50. The minimum atomic E-state index is -0.356. The van der Waals surface area contributed by atoms with Crippen molar-refractivity contribution >= 4 is 50.7 Å². The summed E-state index contributed by atoms with van der Waals surface area (Å²) in [6.07, 6.45) is 0. The second kappa shape index (κ2) is 6.47. The van der Waals surface area contributed by atoms with Gasteiger partial charge in [-0.3, -0.25) is 14.2 Å². The number of Topliss-reactive ketones (excluding diaryl/α,β-unsaturated/α-hetero) is 1. The number of carbonyl (C=O) groups excluding carboxylic acids is 1.